The fraction of sp³-hybridized carbons (Fsp3) is 0.739. The van der Waals surface area contributed by atoms with Crippen molar-refractivity contribution in [3.8, 4) is 5.75 Å². The second-order valence-corrected chi connectivity index (χ2v) is 10.3. The van der Waals surface area contributed by atoms with E-state index in [0.29, 0.717) is 11.4 Å². The molecule has 0 aromatic carbocycles. The lowest BCUT2D eigenvalue weighted by molar-refractivity contribution is -0.355. The summed E-state index contributed by atoms with van der Waals surface area (Å²) in [6, 6.07) is 1.91. The van der Waals surface area contributed by atoms with E-state index in [1.54, 1.807) is 18.0 Å². The second kappa shape index (κ2) is 7.96. The van der Waals surface area contributed by atoms with Crippen molar-refractivity contribution in [1.82, 2.24) is 24.6 Å². The summed E-state index contributed by atoms with van der Waals surface area (Å²) >= 11 is 0. The van der Waals surface area contributed by atoms with E-state index in [0.717, 1.165) is 76.8 Å². The first-order valence-corrected chi connectivity index (χ1v) is 12.1. The summed E-state index contributed by atoms with van der Waals surface area (Å²) in [5.74, 6) is 1.43. The molecule has 0 radical (unpaired) electrons. The smallest absolute Gasteiger partial charge is 0.394 e. The summed E-state index contributed by atoms with van der Waals surface area (Å²) < 4.78 is 53.0. The Balaban J connectivity index is 1.18. The Labute approximate surface area is 196 Å². The fourth-order valence-electron chi connectivity index (χ4n) is 6.19. The molecule has 2 aromatic rings. The highest BCUT2D eigenvalue weighted by atomic mass is 19.4. The van der Waals surface area contributed by atoms with Crippen molar-refractivity contribution in [3.63, 3.8) is 0 Å². The van der Waals surface area contributed by atoms with Gasteiger partial charge in [-0.15, -0.1) is 0 Å². The average Bonchev–Trinajstić information content (AvgIpc) is 3.14. The van der Waals surface area contributed by atoms with Crippen molar-refractivity contribution in [2.75, 3.05) is 77.6 Å². The third-order valence-corrected chi connectivity index (χ3v) is 8.27. The number of hydrogen-bond acceptors (Lipinski definition) is 7. The maximum atomic E-state index is 13.5. The third kappa shape index (κ3) is 3.46. The van der Waals surface area contributed by atoms with Crippen molar-refractivity contribution >= 4 is 16.9 Å². The predicted molar refractivity (Wildman–Crippen MR) is 120 cm³/mol. The lowest BCUT2D eigenvalue weighted by Gasteiger charge is -2.69. The van der Waals surface area contributed by atoms with Crippen molar-refractivity contribution in [2.24, 2.45) is 5.41 Å². The molecule has 0 amide bonds. The van der Waals surface area contributed by atoms with E-state index in [1.165, 1.54) is 0 Å². The maximum Gasteiger partial charge on any atom is 0.394 e. The highest BCUT2D eigenvalue weighted by Gasteiger charge is 2.80. The van der Waals surface area contributed by atoms with Gasteiger partial charge in [-0.2, -0.15) is 18.3 Å². The van der Waals surface area contributed by atoms with Gasteiger partial charge < -0.3 is 14.4 Å². The van der Waals surface area contributed by atoms with Gasteiger partial charge in [0, 0.05) is 52.4 Å². The Morgan fingerprint density at radius 3 is 2.26 bits per heavy atom. The van der Waals surface area contributed by atoms with Gasteiger partial charge in [-0.1, -0.05) is 0 Å². The Morgan fingerprint density at radius 1 is 1.00 bits per heavy atom. The van der Waals surface area contributed by atoms with Crippen LogP contribution in [0, 0.1) is 5.41 Å². The number of hydrogen-bond donors (Lipinski definition) is 0. The first kappa shape index (κ1) is 22.4. The van der Waals surface area contributed by atoms with E-state index < -0.39 is 17.1 Å². The van der Waals surface area contributed by atoms with Crippen LogP contribution in [-0.2, 0) is 10.3 Å². The molecule has 4 heterocycles. The monoisotopic (exact) mass is 480 g/mol. The number of pyridine rings is 1. The number of piperazine rings is 1. The van der Waals surface area contributed by atoms with E-state index in [2.05, 4.69) is 19.7 Å². The first-order valence-electron chi connectivity index (χ1n) is 12.1. The second-order valence-electron chi connectivity index (χ2n) is 10.3. The molecule has 0 spiro atoms. The molecule has 11 heteroatoms. The van der Waals surface area contributed by atoms with Crippen molar-refractivity contribution in [1.29, 1.82) is 0 Å². The van der Waals surface area contributed by atoms with Gasteiger partial charge in [0.1, 0.15) is 5.75 Å². The molecule has 7 rings (SSSR count). The summed E-state index contributed by atoms with van der Waals surface area (Å²) in [5.41, 5.74) is -1.43. The molecule has 3 saturated carbocycles. The number of anilines is 1. The van der Waals surface area contributed by atoms with Crippen LogP contribution in [0.3, 0.4) is 0 Å². The lowest BCUT2D eigenvalue weighted by Crippen LogP contribution is -2.73. The van der Waals surface area contributed by atoms with Crippen LogP contribution in [0.25, 0.3) is 11.0 Å². The van der Waals surface area contributed by atoms with Crippen molar-refractivity contribution < 1.29 is 22.6 Å². The SMILES string of the molecule is COc1cnc2c(c1)c(N1CCN(CCN3CCOCC3)CC1)nn2C12CC(C(F)(F)F)(C1)C2. The molecular formula is C23H31F3N6O2. The Bertz CT molecular complexity index is 1040. The average molecular weight is 481 g/mol. The van der Waals surface area contributed by atoms with Crippen molar-refractivity contribution in [2.45, 2.75) is 31.0 Å². The third-order valence-electron chi connectivity index (χ3n) is 8.27. The van der Waals surface area contributed by atoms with Gasteiger partial charge in [0.2, 0.25) is 0 Å². The van der Waals surface area contributed by atoms with Gasteiger partial charge in [0.25, 0.3) is 0 Å². The van der Waals surface area contributed by atoms with E-state index >= 15 is 0 Å². The fourth-order valence-corrected chi connectivity index (χ4v) is 6.19. The van der Waals surface area contributed by atoms with Gasteiger partial charge in [0.05, 0.1) is 42.9 Å². The van der Waals surface area contributed by atoms with Crippen LogP contribution in [0.4, 0.5) is 19.0 Å². The zero-order chi connectivity index (χ0) is 23.6. The molecule has 0 atom stereocenters. The van der Waals surface area contributed by atoms with Gasteiger partial charge in [-0.25, -0.2) is 9.67 Å². The molecule has 34 heavy (non-hydrogen) atoms. The number of morpholine rings is 1. The van der Waals surface area contributed by atoms with Crippen LogP contribution in [0.5, 0.6) is 5.75 Å². The number of aromatic nitrogens is 3. The Morgan fingerprint density at radius 2 is 1.65 bits per heavy atom. The van der Waals surface area contributed by atoms with Crippen molar-refractivity contribution in [3.05, 3.63) is 12.3 Å². The Kier molecular flexibility index (Phi) is 5.23. The molecule has 2 bridgehead atoms. The highest BCUT2D eigenvalue weighted by Crippen LogP contribution is 2.77. The molecule has 186 valence electrons. The molecule has 5 aliphatic rings. The molecule has 2 aromatic heterocycles. The Hall–Kier alpha value is -2.11. The number of halogens is 3. The molecule has 3 aliphatic carbocycles. The zero-order valence-corrected chi connectivity index (χ0v) is 19.5. The molecular weight excluding hydrogens is 449 g/mol. The summed E-state index contributed by atoms with van der Waals surface area (Å²) in [6.45, 7) is 9.20. The molecule has 2 saturated heterocycles. The molecule has 0 unspecified atom stereocenters. The van der Waals surface area contributed by atoms with E-state index in [-0.39, 0.29) is 19.3 Å². The van der Waals surface area contributed by atoms with Crippen LogP contribution in [0.15, 0.2) is 12.3 Å². The van der Waals surface area contributed by atoms with Gasteiger partial charge in [-0.3, -0.25) is 9.80 Å². The van der Waals surface area contributed by atoms with Gasteiger partial charge >= 0.3 is 6.18 Å². The number of alkyl halides is 3. The minimum absolute atomic E-state index is 0.0999. The summed E-state index contributed by atoms with van der Waals surface area (Å²) in [6.07, 6.45) is -2.22. The van der Waals surface area contributed by atoms with E-state index in [9.17, 15) is 13.2 Å². The molecule has 2 aliphatic heterocycles. The minimum atomic E-state index is -4.14. The van der Waals surface area contributed by atoms with Crippen LogP contribution in [-0.4, -0.2) is 103 Å². The number of fused-ring (bicyclic) bond motifs is 1. The normalized spacial score (nSPS) is 30.3. The highest BCUT2D eigenvalue weighted by molar-refractivity contribution is 5.89. The zero-order valence-electron chi connectivity index (χ0n) is 19.5. The predicted octanol–water partition coefficient (Wildman–Crippen LogP) is 2.34. The number of methoxy groups -OCH3 is 1. The number of ether oxygens (including phenoxy) is 2. The van der Waals surface area contributed by atoms with Crippen LogP contribution in [0.2, 0.25) is 0 Å². The summed E-state index contributed by atoms with van der Waals surface area (Å²) in [4.78, 5) is 11.7. The largest absolute Gasteiger partial charge is 0.495 e. The van der Waals surface area contributed by atoms with Crippen LogP contribution in [0.1, 0.15) is 19.3 Å². The summed E-state index contributed by atoms with van der Waals surface area (Å²) in [7, 11) is 1.59. The molecule has 5 fully saturated rings. The minimum Gasteiger partial charge on any atom is -0.495 e. The number of rotatable bonds is 6. The quantitative estimate of drug-likeness (QED) is 0.629. The number of nitrogens with zero attached hydrogens (tertiary/aromatic N) is 6. The van der Waals surface area contributed by atoms with Crippen LogP contribution < -0.4 is 9.64 Å². The standard InChI is InChI=1S/C23H31F3N6O2/c1-33-17-12-18-19(27-13-17)32(22-14-21(15-22,16-22)23(24,25)26)28-20(18)31-6-4-29(5-7-31)2-3-30-8-10-34-11-9-30/h12-13H,2-11,14-16H2,1H3. The first-order chi connectivity index (χ1) is 16.3. The van der Waals surface area contributed by atoms with E-state index in [1.807, 2.05) is 6.07 Å². The maximum absolute atomic E-state index is 13.5. The topological polar surface area (TPSA) is 58.9 Å². The molecule has 8 nitrogen and oxygen atoms in total. The van der Waals surface area contributed by atoms with Gasteiger partial charge in [-0.05, 0) is 25.3 Å². The molecule has 0 N–H and O–H groups in total. The van der Waals surface area contributed by atoms with E-state index in [4.69, 9.17) is 14.6 Å². The summed E-state index contributed by atoms with van der Waals surface area (Å²) in [5, 5.41) is 5.75. The van der Waals surface area contributed by atoms with Gasteiger partial charge in [0.15, 0.2) is 11.5 Å². The lowest BCUT2D eigenvalue weighted by atomic mass is 9.39. The van der Waals surface area contributed by atoms with Crippen LogP contribution >= 0.6 is 0 Å².